The maximum atomic E-state index is 5.34. The Labute approximate surface area is 128 Å². The van der Waals surface area contributed by atoms with Crippen LogP contribution in [0.2, 0.25) is 0 Å². The third-order valence-electron chi connectivity index (χ3n) is 3.18. The highest BCUT2D eigenvalue weighted by molar-refractivity contribution is 7.80. The van der Waals surface area contributed by atoms with Gasteiger partial charge < -0.3 is 10.6 Å². The van der Waals surface area contributed by atoms with E-state index < -0.39 is 0 Å². The molecule has 2 heterocycles. The summed E-state index contributed by atoms with van der Waals surface area (Å²) in [5.74, 6) is 0. The van der Waals surface area contributed by atoms with Crippen LogP contribution in [0.3, 0.4) is 0 Å². The number of benzene rings is 1. The number of nitrogens with zero attached hydrogens (tertiary/aromatic N) is 2. The molecule has 5 heteroatoms. The van der Waals surface area contributed by atoms with Crippen LogP contribution in [0.25, 0.3) is 21.7 Å². The number of hydrogen-bond donors (Lipinski definition) is 2. The molecular formula is C16H16N4S. The molecule has 4 nitrogen and oxygen atoms in total. The number of thiocarbonyl (C=S) groups is 1. The summed E-state index contributed by atoms with van der Waals surface area (Å²) in [7, 11) is 0. The summed E-state index contributed by atoms with van der Waals surface area (Å²) in [5.41, 5.74) is 1.88. The second kappa shape index (κ2) is 5.61. The van der Waals surface area contributed by atoms with Crippen LogP contribution in [0.4, 0.5) is 5.69 Å². The number of nitrogens with one attached hydrogen (secondary N) is 2. The Hall–Kier alpha value is -2.27. The highest BCUT2D eigenvalue weighted by Crippen LogP contribution is 2.29. The summed E-state index contributed by atoms with van der Waals surface area (Å²) in [6.07, 6.45) is 5.42. The zero-order valence-corrected chi connectivity index (χ0v) is 12.7. The van der Waals surface area contributed by atoms with E-state index in [0.717, 1.165) is 27.4 Å². The highest BCUT2D eigenvalue weighted by atomic mass is 32.1. The van der Waals surface area contributed by atoms with Gasteiger partial charge >= 0.3 is 0 Å². The Balaban J connectivity index is 2.14. The van der Waals surface area contributed by atoms with Crippen LogP contribution < -0.4 is 10.6 Å². The molecule has 1 aromatic carbocycles. The first kappa shape index (κ1) is 13.7. The quantitative estimate of drug-likeness (QED) is 0.560. The minimum Gasteiger partial charge on any atom is -0.360 e. The molecule has 3 rings (SSSR count). The van der Waals surface area contributed by atoms with Gasteiger partial charge in [0.1, 0.15) is 0 Å². The SMILES string of the molecule is CC(C)NC(=S)Nc1cc2ccncc2c2ncccc12. The molecular weight excluding hydrogens is 280 g/mol. The standard InChI is InChI=1S/C16H16N4S/c1-10(2)19-16(21)20-14-8-11-5-7-17-9-13(11)15-12(14)4-3-6-18-15/h3-10H,1-2H3,(H2,19,20,21). The largest absolute Gasteiger partial charge is 0.360 e. The molecule has 3 aromatic rings. The van der Waals surface area contributed by atoms with Crippen molar-refractivity contribution in [3.8, 4) is 0 Å². The molecule has 21 heavy (non-hydrogen) atoms. The third kappa shape index (κ3) is 2.78. The van der Waals surface area contributed by atoms with Crippen molar-refractivity contribution in [2.45, 2.75) is 19.9 Å². The van der Waals surface area contributed by atoms with Crippen molar-refractivity contribution in [2.75, 3.05) is 5.32 Å². The van der Waals surface area contributed by atoms with Crippen molar-refractivity contribution < 1.29 is 0 Å². The third-order valence-corrected chi connectivity index (χ3v) is 3.40. The van der Waals surface area contributed by atoms with E-state index in [9.17, 15) is 0 Å². The average Bonchev–Trinajstić information content (AvgIpc) is 2.46. The maximum absolute atomic E-state index is 5.34. The fourth-order valence-corrected chi connectivity index (χ4v) is 2.67. The highest BCUT2D eigenvalue weighted by Gasteiger charge is 2.09. The molecule has 0 aliphatic carbocycles. The molecule has 0 spiro atoms. The number of hydrogen-bond acceptors (Lipinski definition) is 3. The topological polar surface area (TPSA) is 49.8 Å². The minimum atomic E-state index is 0.291. The Kier molecular flexibility index (Phi) is 3.66. The van der Waals surface area contributed by atoms with Crippen LogP contribution >= 0.6 is 12.2 Å². The molecule has 0 bridgehead atoms. The number of anilines is 1. The first-order valence-corrected chi connectivity index (χ1v) is 7.25. The van der Waals surface area contributed by atoms with Gasteiger partial charge in [-0.05, 0) is 55.7 Å². The summed E-state index contributed by atoms with van der Waals surface area (Å²) < 4.78 is 0. The lowest BCUT2D eigenvalue weighted by Crippen LogP contribution is -2.33. The van der Waals surface area contributed by atoms with E-state index in [1.165, 1.54) is 0 Å². The molecule has 106 valence electrons. The van der Waals surface area contributed by atoms with Gasteiger partial charge in [-0.25, -0.2) is 0 Å². The Morgan fingerprint density at radius 3 is 2.86 bits per heavy atom. The normalized spacial score (nSPS) is 11.0. The first-order valence-electron chi connectivity index (χ1n) is 6.84. The lowest BCUT2D eigenvalue weighted by Gasteiger charge is -2.15. The molecule has 0 saturated carbocycles. The molecule has 0 fully saturated rings. The Morgan fingerprint density at radius 1 is 1.19 bits per heavy atom. The van der Waals surface area contributed by atoms with E-state index in [1.807, 2.05) is 24.4 Å². The molecule has 0 atom stereocenters. The molecule has 2 aromatic heterocycles. The predicted octanol–water partition coefficient (Wildman–Crippen LogP) is 3.48. The van der Waals surface area contributed by atoms with Crippen LogP contribution in [0.5, 0.6) is 0 Å². The van der Waals surface area contributed by atoms with Gasteiger partial charge in [-0.1, -0.05) is 0 Å². The van der Waals surface area contributed by atoms with Crippen molar-refractivity contribution in [3.05, 3.63) is 42.9 Å². The predicted molar refractivity (Wildman–Crippen MR) is 91.5 cm³/mol. The molecule has 0 aliphatic rings. The number of pyridine rings is 2. The smallest absolute Gasteiger partial charge is 0.170 e. The van der Waals surface area contributed by atoms with E-state index in [0.29, 0.717) is 11.2 Å². The van der Waals surface area contributed by atoms with Gasteiger partial charge in [-0.15, -0.1) is 0 Å². The lowest BCUT2D eigenvalue weighted by atomic mass is 10.1. The summed E-state index contributed by atoms with van der Waals surface area (Å²) in [6, 6.07) is 8.31. The first-order chi connectivity index (χ1) is 10.1. The van der Waals surface area contributed by atoms with Crippen LogP contribution in [0, 0.1) is 0 Å². The summed E-state index contributed by atoms with van der Waals surface area (Å²) >= 11 is 5.34. The molecule has 0 saturated heterocycles. The minimum absolute atomic E-state index is 0.291. The molecule has 0 aliphatic heterocycles. The van der Waals surface area contributed by atoms with Crippen LogP contribution in [-0.4, -0.2) is 21.1 Å². The fraction of sp³-hybridized carbons (Fsp3) is 0.188. The van der Waals surface area contributed by atoms with Crippen molar-refractivity contribution in [3.63, 3.8) is 0 Å². The number of fused-ring (bicyclic) bond motifs is 3. The van der Waals surface area contributed by atoms with Crippen LogP contribution in [0.15, 0.2) is 42.9 Å². The molecule has 0 unspecified atom stereocenters. The van der Waals surface area contributed by atoms with Crippen LogP contribution in [0.1, 0.15) is 13.8 Å². The van der Waals surface area contributed by atoms with Gasteiger partial charge in [0.2, 0.25) is 0 Å². The average molecular weight is 296 g/mol. The van der Waals surface area contributed by atoms with Gasteiger partial charge in [-0.3, -0.25) is 9.97 Å². The van der Waals surface area contributed by atoms with Gasteiger partial charge in [0.05, 0.1) is 11.2 Å². The zero-order chi connectivity index (χ0) is 14.8. The van der Waals surface area contributed by atoms with Gasteiger partial charge in [0.25, 0.3) is 0 Å². The lowest BCUT2D eigenvalue weighted by molar-refractivity contribution is 0.739. The summed E-state index contributed by atoms with van der Waals surface area (Å²) in [5, 5.41) is 10.2. The Bertz CT molecular complexity index is 814. The van der Waals surface area contributed by atoms with Crippen molar-refractivity contribution in [2.24, 2.45) is 0 Å². The maximum Gasteiger partial charge on any atom is 0.170 e. The zero-order valence-electron chi connectivity index (χ0n) is 11.9. The summed E-state index contributed by atoms with van der Waals surface area (Å²) in [6.45, 7) is 4.11. The second-order valence-corrected chi connectivity index (χ2v) is 5.58. The van der Waals surface area contributed by atoms with Crippen molar-refractivity contribution in [1.82, 2.24) is 15.3 Å². The van der Waals surface area contributed by atoms with Crippen molar-refractivity contribution >= 4 is 44.7 Å². The number of aromatic nitrogens is 2. The monoisotopic (exact) mass is 296 g/mol. The van der Waals surface area contributed by atoms with E-state index >= 15 is 0 Å². The number of rotatable bonds is 2. The van der Waals surface area contributed by atoms with Gasteiger partial charge in [0, 0.05) is 35.4 Å². The fourth-order valence-electron chi connectivity index (χ4n) is 2.32. The van der Waals surface area contributed by atoms with Crippen LogP contribution in [-0.2, 0) is 0 Å². The molecule has 2 N–H and O–H groups in total. The molecule has 0 radical (unpaired) electrons. The second-order valence-electron chi connectivity index (χ2n) is 5.17. The van der Waals surface area contributed by atoms with E-state index in [-0.39, 0.29) is 0 Å². The van der Waals surface area contributed by atoms with E-state index in [2.05, 4.69) is 40.5 Å². The van der Waals surface area contributed by atoms with Crippen molar-refractivity contribution in [1.29, 1.82) is 0 Å². The van der Waals surface area contributed by atoms with Gasteiger partial charge in [-0.2, -0.15) is 0 Å². The van der Waals surface area contributed by atoms with E-state index in [1.54, 1.807) is 12.4 Å². The summed E-state index contributed by atoms with van der Waals surface area (Å²) in [4.78, 5) is 8.69. The van der Waals surface area contributed by atoms with Gasteiger partial charge in [0.15, 0.2) is 5.11 Å². The Morgan fingerprint density at radius 2 is 2.05 bits per heavy atom. The molecule has 0 amide bonds. The van der Waals surface area contributed by atoms with E-state index in [4.69, 9.17) is 12.2 Å².